The maximum atomic E-state index is 10.3. The van der Waals surface area contributed by atoms with Crippen LogP contribution in [0.4, 0.5) is 0 Å². The van der Waals surface area contributed by atoms with Crippen LogP contribution in [0, 0.1) is 0 Å². The van der Waals surface area contributed by atoms with Gasteiger partial charge in [-0.05, 0) is 6.07 Å². The molecule has 0 aliphatic carbocycles. The number of carboxylic acid groups (broad SMARTS) is 1. The summed E-state index contributed by atoms with van der Waals surface area (Å²) in [5.41, 5.74) is 0.680. The molecule has 0 saturated heterocycles. The van der Waals surface area contributed by atoms with E-state index in [0.717, 1.165) is 0 Å². The summed E-state index contributed by atoms with van der Waals surface area (Å²) in [4.78, 5) is 17.8. The van der Waals surface area contributed by atoms with Crippen LogP contribution in [-0.4, -0.2) is 31.3 Å². The third kappa shape index (κ3) is 1.38. The zero-order valence-corrected chi connectivity index (χ0v) is 7.40. The lowest BCUT2D eigenvalue weighted by molar-refractivity contribution is 0.0690. The standard InChI is InChI=1S/C5H6N2O2Si/c8-4(9)3-1-2-6-5(10)7-3/h1-2H,10H3,(H,8,9). The first kappa shape index (κ1) is 6.88. The second kappa shape index (κ2) is 2.57. The quantitative estimate of drug-likeness (QED) is 0.483. The molecule has 1 aromatic heterocycles. The number of aromatic carboxylic acids is 1. The number of hydrogen-bond acceptors (Lipinski definition) is 3. The Morgan fingerprint density at radius 3 is 2.80 bits per heavy atom. The molecule has 1 heterocycles. The van der Waals surface area contributed by atoms with Crippen LogP contribution in [-0.2, 0) is 0 Å². The molecule has 0 spiro atoms. The lowest BCUT2D eigenvalue weighted by Crippen LogP contribution is -2.16. The summed E-state index contributed by atoms with van der Waals surface area (Å²) < 4.78 is 0. The van der Waals surface area contributed by atoms with Gasteiger partial charge in [0.25, 0.3) is 0 Å². The van der Waals surface area contributed by atoms with E-state index in [9.17, 15) is 4.79 Å². The molecule has 0 aliphatic heterocycles. The third-order valence-electron chi connectivity index (χ3n) is 0.995. The monoisotopic (exact) mass is 154 g/mol. The molecule has 0 fully saturated rings. The Morgan fingerprint density at radius 2 is 2.40 bits per heavy atom. The fourth-order valence-corrected chi connectivity index (χ4v) is 0.965. The van der Waals surface area contributed by atoms with Crippen LogP contribution in [0.2, 0.25) is 0 Å². The van der Waals surface area contributed by atoms with E-state index >= 15 is 0 Å². The zero-order chi connectivity index (χ0) is 7.56. The van der Waals surface area contributed by atoms with Gasteiger partial charge in [-0.1, -0.05) is 0 Å². The first-order valence-corrected chi connectivity index (χ1v) is 3.73. The highest BCUT2D eigenvalue weighted by Crippen LogP contribution is 1.86. The van der Waals surface area contributed by atoms with Gasteiger partial charge >= 0.3 is 5.97 Å². The number of nitrogens with zero attached hydrogens (tertiary/aromatic N) is 2. The number of carboxylic acids is 1. The van der Waals surface area contributed by atoms with E-state index in [2.05, 4.69) is 9.97 Å². The van der Waals surface area contributed by atoms with Crippen molar-refractivity contribution in [1.29, 1.82) is 0 Å². The van der Waals surface area contributed by atoms with E-state index in [1.165, 1.54) is 12.3 Å². The Labute approximate surface area is 60.4 Å². The van der Waals surface area contributed by atoms with Crippen molar-refractivity contribution in [2.45, 2.75) is 0 Å². The van der Waals surface area contributed by atoms with E-state index in [0.29, 0.717) is 15.7 Å². The number of hydrogen-bond donors (Lipinski definition) is 1. The van der Waals surface area contributed by atoms with Gasteiger partial charge in [-0.2, -0.15) is 0 Å². The SMILES string of the molecule is O=C(O)c1ccnc([SiH3])n1. The first-order valence-electron chi connectivity index (χ1n) is 2.73. The third-order valence-corrected chi connectivity index (χ3v) is 1.48. The van der Waals surface area contributed by atoms with Crippen molar-refractivity contribution in [2.75, 3.05) is 0 Å². The summed E-state index contributed by atoms with van der Waals surface area (Å²) in [5, 5.41) is 8.43. The van der Waals surface area contributed by atoms with Gasteiger partial charge in [0.1, 0.15) is 0 Å². The van der Waals surface area contributed by atoms with E-state index in [1.54, 1.807) is 0 Å². The minimum absolute atomic E-state index is 0.0694. The number of rotatable bonds is 1. The molecule has 10 heavy (non-hydrogen) atoms. The Balaban J connectivity index is 3.07. The molecule has 0 unspecified atom stereocenters. The van der Waals surface area contributed by atoms with Crippen LogP contribution in [0.3, 0.4) is 0 Å². The lowest BCUT2D eigenvalue weighted by atomic mass is 10.4. The highest BCUT2D eigenvalue weighted by atomic mass is 28.1. The zero-order valence-electron chi connectivity index (χ0n) is 5.40. The summed E-state index contributed by atoms with van der Waals surface area (Å²) in [5.74, 6) is -1.00. The van der Waals surface area contributed by atoms with Crippen LogP contribution in [0.25, 0.3) is 0 Å². The van der Waals surface area contributed by atoms with Crippen molar-refractivity contribution >= 4 is 21.7 Å². The summed E-state index contributed by atoms with van der Waals surface area (Å²) in [7, 11) is 0.683. The summed E-state index contributed by atoms with van der Waals surface area (Å²) in [6, 6.07) is 1.38. The summed E-state index contributed by atoms with van der Waals surface area (Å²) in [6.45, 7) is 0. The molecule has 4 nitrogen and oxygen atoms in total. The number of aromatic nitrogens is 2. The molecule has 0 radical (unpaired) electrons. The van der Waals surface area contributed by atoms with Crippen molar-refractivity contribution in [3.63, 3.8) is 0 Å². The Kier molecular flexibility index (Phi) is 1.77. The van der Waals surface area contributed by atoms with Gasteiger partial charge < -0.3 is 5.11 Å². The molecule has 0 saturated carbocycles. The van der Waals surface area contributed by atoms with Gasteiger partial charge in [-0.15, -0.1) is 0 Å². The molecule has 0 amide bonds. The van der Waals surface area contributed by atoms with Crippen molar-refractivity contribution < 1.29 is 9.90 Å². The van der Waals surface area contributed by atoms with Crippen LogP contribution < -0.4 is 5.45 Å². The molecule has 52 valence electrons. The van der Waals surface area contributed by atoms with Crippen molar-refractivity contribution in [3.05, 3.63) is 18.0 Å². The van der Waals surface area contributed by atoms with Crippen molar-refractivity contribution in [1.82, 2.24) is 9.97 Å². The molecule has 0 atom stereocenters. The lowest BCUT2D eigenvalue weighted by Gasteiger charge is -1.92. The summed E-state index contributed by atoms with van der Waals surface area (Å²) in [6.07, 6.45) is 1.46. The van der Waals surface area contributed by atoms with Crippen LogP contribution in [0.5, 0.6) is 0 Å². The van der Waals surface area contributed by atoms with E-state index in [-0.39, 0.29) is 5.69 Å². The highest BCUT2D eigenvalue weighted by Gasteiger charge is 2.02. The number of carbonyl (C=O) groups is 1. The van der Waals surface area contributed by atoms with Crippen molar-refractivity contribution in [2.24, 2.45) is 0 Å². The predicted octanol–water partition coefficient (Wildman–Crippen LogP) is -1.83. The molecule has 0 aromatic carbocycles. The molecule has 1 N–H and O–H groups in total. The Morgan fingerprint density at radius 1 is 1.70 bits per heavy atom. The fourth-order valence-electron chi connectivity index (χ4n) is 0.575. The highest BCUT2D eigenvalue weighted by molar-refractivity contribution is 6.29. The molecule has 0 bridgehead atoms. The normalized spacial score (nSPS) is 9.60. The van der Waals surface area contributed by atoms with Crippen molar-refractivity contribution in [3.8, 4) is 0 Å². The van der Waals surface area contributed by atoms with E-state index < -0.39 is 5.97 Å². The molecule has 1 aromatic rings. The second-order valence-corrected chi connectivity index (χ2v) is 2.69. The fraction of sp³-hybridized carbons (Fsp3) is 0. The maximum Gasteiger partial charge on any atom is 0.354 e. The largest absolute Gasteiger partial charge is 0.477 e. The topological polar surface area (TPSA) is 63.1 Å². The van der Waals surface area contributed by atoms with Crippen LogP contribution in [0.15, 0.2) is 12.3 Å². The van der Waals surface area contributed by atoms with Gasteiger partial charge in [-0.3, -0.25) is 0 Å². The van der Waals surface area contributed by atoms with Gasteiger partial charge in [0, 0.05) is 6.20 Å². The first-order chi connectivity index (χ1) is 4.70. The molecular weight excluding hydrogens is 148 g/mol. The average molecular weight is 154 g/mol. The smallest absolute Gasteiger partial charge is 0.354 e. The van der Waals surface area contributed by atoms with Crippen LogP contribution >= 0.6 is 0 Å². The van der Waals surface area contributed by atoms with Gasteiger partial charge in [0.2, 0.25) is 0 Å². The molecule has 0 aliphatic rings. The van der Waals surface area contributed by atoms with Crippen LogP contribution in [0.1, 0.15) is 10.5 Å². The average Bonchev–Trinajstić information content (AvgIpc) is 1.88. The van der Waals surface area contributed by atoms with E-state index in [4.69, 9.17) is 5.11 Å². The molecule has 5 heteroatoms. The van der Waals surface area contributed by atoms with E-state index in [1.807, 2.05) is 0 Å². The maximum absolute atomic E-state index is 10.3. The molecular formula is C5H6N2O2Si. The summed E-state index contributed by atoms with van der Waals surface area (Å²) >= 11 is 0. The molecule has 1 rings (SSSR count). The van der Waals surface area contributed by atoms with Gasteiger partial charge in [0.05, 0.1) is 15.7 Å². The minimum atomic E-state index is -1.00. The predicted molar refractivity (Wildman–Crippen MR) is 38.6 cm³/mol. The van der Waals surface area contributed by atoms with Gasteiger partial charge in [0.15, 0.2) is 5.69 Å². The minimum Gasteiger partial charge on any atom is -0.477 e. The van der Waals surface area contributed by atoms with Gasteiger partial charge in [-0.25, -0.2) is 14.8 Å². The second-order valence-electron chi connectivity index (χ2n) is 1.79. The Hall–Kier alpha value is -1.23. The Bertz CT molecular complexity index is 264.